The van der Waals surface area contributed by atoms with Gasteiger partial charge in [0.15, 0.2) is 0 Å². The van der Waals surface area contributed by atoms with Crippen LogP contribution in [0.3, 0.4) is 0 Å². The molecule has 0 radical (unpaired) electrons. The first kappa shape index (κ1) is 11.0. The van der Waals surface area contributed by atoms with Crippen LogP contribution in [0.2, 0.25) is 0 Å². The lowest BCUT2D eigenvalue weighted by molar-refractivity contribution is -0.118. The molecule has 1 rings (SSSR count). The minimum atomic E-state index is -0.0293. The quantitative estimate of drug-likeness (QED) is 0.868. The summed E-state index contributed by atoms with van der Waals surface area (Å²) in [4.78, 5) is 11.0. The number of aryl methyl sites for hydroxylation is 1. The van der Waals surface area contributed by atoms with Crippen LogP contribution in [0.5, 0.6) is 0 Å². The summed E-state index contributed by atoms with van der Waals surface area (Å²) in [6, 6.07) is 5.89. The zero-order valence-electron chi connectivity index (χ0n) is 8.23. The highest BCUT2D eigenvalue weighted by Crippen LogP contribution is 2.25. The number of halogens is 1. The number of carbonyl (C=O) groups excluding carboxylic acids is 1. The molecule has 76 valence electrons. The molecule has 0 aliphatic heterocycles. The van der Waals surface area contributed by atoms with Crippen molar-refractivity contribution in [2.45, 2.75) is 6.92 Å². The summed E-state index contributed by atoms with van der Waals surface area (Å²) in [6.07, 6.45) is 0. The summed E-state index contributed by atoms with van der Waals surface area (Å²) in [5, 5.41) is 5.60. The van der Waals surface area contributed by atoms with Gasteiger partial charge in [-0.1, -0.05) is 12.1 Å². The molecule has 4 heteroatoms. The van der Waals surface area contributed by atoms with E-state index in [0.29, 0.717) is 6.54 Å². The zero-order valence-corrected chi connectivity index (χ0v) is 9.81. The summed E-state index contributed by atoms with van der Waals surface area (Å²) in [5.74, 6) is -0.0293. The molecule has 0 bridgehead atoms. The van der Waals surface area contributed by atoms with Crippen LogP contribution < -0.4 is 10.6 Å². The first-order valence-corrected chi connectivity index (χ1v) is 5.14. The number of rotatable bonds is 3. The first-order chi connectivity index (χ1) is 6.65. The lowest BCUT2D eigenvalue weighted by Gasteiger charge is -2.09. The van der Waals surface area contributed by atoms with Gasteiger partial charge in [0.25, 0.3) is 0 Å². The highest BCUT2D eigenvalue weighted by Gasteiger charge is 2.03. The topological polar surface area (TPSA) is 41.1 Å². The molecule has 1 aromatic rings. The molecule has 0 aromatic heterocycles. The van der Waals surface area contributed by atoms with Crippen molar-refractivity contribution in [1.29, 1.82) is 0 Å². The van der Waals surface area contributed by atoms with Crippen molar-refractivity contribution in [3.8, 4) is 0 Å². The largest absolute Gasteiger partial charge is 0.375 e. The van der Waals surface area contributed by atoms with Gasteiger partial charge in [-0.25, -0.2) is 0 Å². The lowest BCUT2D eigenvalue weighted by atomic mass is 10.2. The van der Waals surface area contributed by atoms with Crippen molar-refractivity contribution in [1.82, 2.24) is 5.32 Å². The van der Waals surface area contributed by atoms with Gasteiger partial charge in [0.05, 0.1) is 6.54 Å². The van der Waals surface area contributed by atoms with E-state index in [-0.39, 0.29) is 5.91 Å². The van der Waals surface area contributed by atoms with Gasteiger partial charge in [0, 0.05) is 17.2 Å². The Labute approximate surface area is 92.0 Å². The van der Waals surface area contributed by atoms with E-state index in [1.807, 2.05) is 25.1 Å². The molecule has 0 fully saturated rings. The Morgan fingerprint density at radius 1 is 1.50 bits per heavy atom. The Morgan fingerprint density at radius 3 is 2.86 bits per heavy atom. The second kappa shape index (κ2) is 5.00. The minimum absolute atomic E-state index is 0.0293. The number of benzene rings is 1. The molecule has 2 N–H and O–H groups in total. The van der Waals surface area contributed by atoms with Crippen molar-refractivity contribution < 1.29 is 4.79 Å². The number of carbonyl (C=O) groups is 1. The number of nitrogens with one attached hydrogen (secondary N) is 2. The van der Waals surface area contributed by atoms with Gasteiger partial charge >= 0.3 is 0 Å². The average Bonchev–Trinajstić information content (AvgIpc) is 2.20. The van der Waals surface area contributed by atoms with E-state index in [1.165, 1.54) is 0 Å². The molecule has 14 heavy (non-hydrogen) atoms. The van der Waals surface area contributed by atoms with E-state index in [2.05, 4.69) is 26.6 Å². The second-order valence-electron chi connectivity index (χ2n) is 2.96. The fourth-order valence-corrected chi connectivity index (χ4v) is 1.45. The van der Waals surface area contributed by atoms with Crippen LogP contribution in [0, 0.1) is 6.92 Å². The maximum Gasteiger partial charge on any atom is 0.239 e. The van der Waals surface area contributed by atoms with Crippen molar-refractivity contribution in [2.75, 3.05) is 18.9 Å². The van der Waals surface area contributed by atoms with Crippen LogP contribution in [0.15, 0.2) is 22.7 Å². The van der Waals surface area contributed by atoms with E-state index in [4.69, 9.17) is 0 Å². The molecule has 0 atom stereocenters. The lowest BCUT2D eigenvalue weighted by Crippen LogP contribution is -2.26. The van der Waals surface area contributed by atoms with Crippen LogP contribution in [-0.2, 0) is 4.79 Å². The SMILES string of the molecule is CNC(=O)CNc1cccc(C)c1Br. The summed E-state index contributed by atoms with van der Waals surface area (Å²) < 4.78 is 1.00. The maximum atomic E-state index is 11.0. The van der Waals surface area contributed by atoms with Crippen LogP contribution in [-0.4, -0.2) is 19.5 Å². The van der Waals surface area contributed by atoms with Gasteiger partial charge in [-0.15, -0.1) is 0 Å². The second-order valence-corrected chi connectivity index (χ2v) is 3.76. The van der Waals surface area contributed by atoms with Crippen molar-refractivity contribution in [3.05, 3.63) is 28.2 Å². The van der Waals surface area contributed by atoms with Gasteiger partial charge in [-0.05, 0) is 34.5 Å². The molecule has 0 aliphatic rings. The third-order valence-electron chi connectivity index (χ3n) is 1.91. The van der Waals surface area contributed by atoms with Crippen molar-refractivity contribution in [2.24, 2.45) is 0 Å². The number of hydrogen-bond acceptors (Lipinski definition) is 2. The molecule has 0 unspecified atom stereocenters. The Morgan fingerprint density at radius 2 is 2.21 bits per heavy atom. The monoisotopic (exact) mass is 256 g/mol. The zero-order chi connectivity index (χ0) is 10.6. The number of amides is 1. The Hall–Kier alpha value is -1.03. The van der Waals surface area contributed by atoms with Crippen LogP contribution >= 0.6 is 15.9 Å². The van der Waals surface area contributed by atoms with Gasteiger partial charge in [0.1, 0.15) is 0 Å². The smallest absolute Gasteiger partial charge is 0.239 e. The number of hydrogen-bond donors (Lipinski definition) is 2. The Balaban J connectivity index is 2.68. The average molecular weight is 257 g/mol. The molecule has 3 nitrogen and oxygen atoms in total. The third kappa shape index (κ3) is 2.73. The van der Waals surface area contributed by atoms with Crippen LogP contribution in [0.1, 0.15) is 5.56 Å². The molecular formula is C10H13BrN2O. The molecule has 1 amide bonds. The maximum absolute atomic E-state index is 11.0. The van der Waals surface area contributed by atoms with Gasteiger partial charge in [-0.3, -0.25) is 4.79 Å². The van der Waals surface area contributed by atoms with Crippen molar-refractivity contribution in [3.63, 3.8) is 0 Å². The van der Waals surface area contributed by atoms with Crippen molar-refractivity contribution >= 4 is 27.5 Å². The van der Waals surface area contributed by atoms with Gasteiger partial charge in [-0.2, -0.15) is 0 Å². The normalized spacial score (nSPS) is 9.64. The van der Waals surface area contributed by atoms with E-state index < -0.39 is 0 Å². The van der Waals surface area contributed by atoms with E-state index >= 15 is 0 Å². The summed E-state index contributed by atoms with van der Waals surface area (Å²) in [7, 11) is 1.62. The highest BCUT2D eigenvalue weighted by molar-refractivity contribution is 9.10. The van der Waals surface area contributed by atoms with Gasteiger partial charge < -0.3 is 10.6 Å². The number of likely N-dealkylation sites (N-methyl/N-ethyl adjacent to an activating group) is 1. The molecule has 1 aromatic carbocycles. The minimum Gasteiger partial charge on any atom is -0.375 e. The molecule has 0 spiro atoms. The molecule has 0 aliphatic carbocycles. The summed E-state index contributed by atoms with van der Waals surface area (Å²) >= 11 is 3.46. The molecule has 0 heterocycles. The first-order valence-electron chi connectivity index (χ1n) is 4.34. The Kier molecular flexibility index (Phi) is 3.95. The fraction of sp³-hybridized carbons (Fsp3) is 0.300. The van der Waals surface area contributed by atoms with Crippen LogP contribution in [0.4, 0.5) is 5.69 Å². The van der Waals surface area contributed by atoms with E-state index in [1.54, 1.807) is 7.05 Å². The molecule has 0 saturated heterocycles. The highest BCUT2D eigenvalue weighted by atomic mass is 79.9. The standard InChI is InChI=1S/C10H13BrN2O/c1-7-4-3-5-8(10(7)11)13-6-9(14)12-2/h3-5,13H,6H2,1-2H3,(H,12,14). The predicted octanol–water partition coefficient (Wildman–Crippen LogP) is 1.92. The molecular weight excluding hydrogens is 244 g/mol. The summed E-state index contributed by atoms with van der Waals surface area (Å²) in [5.41, 5.74) is 2.08. The van der Waals surface area contributed by atoms with E-state index in [0.717, 1.165) is 15.7 Å². The van der Waals surface area contributed by atoms with Gasteiger partial charge in [0.2, 0.25) is 5.91 Å². The predicted molar refractivity (Wildman–Crippen MR) is 61.4 cm³/mol. The fourth-order valence-electron chi connectivity index (χ4n) is 1.05. The summed E-state index contributed by atoms with van der Waals surface area (Å²) in [6.45, 7) is 2.30. The van der Waals surface area contributed by atoms with Crippen LogP contribution in [0.25, 0.3) is 0 Å². The molecule has 0 saturated carbocycles. The van der Waals surface area contributed by atoms with E-state index in [9.17, 15) is 4.79 Å². The number of anilines is 1. The third-order valence-corrected chi connectivity index (χ3v) is 2.96. The Bertz CT molecular complexity index is 339.